The fraction of sp³-hybridized carbons (Fsp3) is 0.409. The third kappa shape index (κ3) is 3.34. The summed E-state index contributed by atoms with van der Waals surface area (Å²) in [6, 6.07) is 4.28. The Balaban J connectivity index is 1.78. The molecular formula is C22H24FN7O. The maximum atomic E-state index is 14.3. The number of aromatic nitrogens is 5. The molecule has 1 saturated heterocycles. The van der Waals surface area contributed by atoms with Gasteiger partial charge in [-0.15, -0.1) is 10.2 Å². The van der Waals surface area contributed by atoms with E-state index in [4.69, 9.17) is 4.98 Å². The van der Waals surface area contributed by atoms with E-state index in [-0.39, 0.29) is 24.3 Å². The lowest BCUT2D eigenvalue weighted by Crippen LogP contribution is -2.37. The molecule has 1 fully saturated rings. The molecule has 0 aliphatic carbocycles. The van der Waals surface area contributed by atoms with Crippen LogP contribution in [0.5, 0.6) is 0 Å². The Labute approximate surface area is 179 Å². The minimum absolute atomic E-state index is 0.155. The lowest BCUT2D eigenvalue weighted by atomic mass is 9.91. The molecule has 8 nitrogen and oxygen atoms in total. The number of carbonyl (C=O) groups is 1. The standard InChI is InChI=1S/C22H24FN7O/c1-13-21-24-20(26-25-13)17-11-29(3)27-18(17)12-28(2)22(31)15-8-7-14(23)10-16(15)19-6-4-5-9-30(19)21/h7-8,10-11,19H,4-6,9,12H2,1-3H3/t19-/m1/s1. The van der Waals surface area contributed by atoms with Crippen LogP contribution in [0, 0.1) is 12.7 Å². The molecule has 0 unspecified atom stereocenters. The Morgan fingerprint density at radius 3 is 2.81 bits per heavy atom. The SMILES string of the molecule is Cc1nnc2nc1N1CCCC[C@@H]1c1cc(F)ccc1C(=O)N(C)Cc1nn(C)cc1-2. The second-order valence-corrected chi connectivity index (χ2v) is 8.31. The van der Waals surface area contributed by atoms with Crippen LogP contribution in [0.15, 0.2) is 24.4 Å². The molecule has 1 aromatic carbocycles. The highest BCUT2D eigenvalue weighted by molar-refractivity contribution is 5.96. The van der Waals surface area contributed by atoms with Gasteiger partial charge in [0.25, 0.3) is 5.91 Å². The van der Waals surface area contributed by atoms with Gasteiger partial charge in [-0.05, 0) is 49.9 Å². The number of rotatable bonds is 0. The number of aryl methyl sites for hydroxylation is 2. The van der Waals surface area contributed by atoms with E-state index in [2.05, 4.69) is 20.2 Å². The highest BCUT2D eigenvalue weighted by Crippen LogP contribution is 2.38. The van der Waals surface area contributed by atoms with Crippen LogP contribution in [0.1, 0.15) is 52.6 Å². The third-order valence-electron chi connectivity index (χ3n) is 6.09. The molecule has 4 heterocycles. The highest BCUT2D eigenvalue weighted by atomic mass is 19.1. The fourth-order valence-corrected chi connectivity index (χ4v) is 4.61. The lowest BCUT2D eigenvalue weighted by molar-refractivity contribution is 0.0781. The monoisotopic (exact) mass is 421 g/mol. The van der Waals surface area contributed by atoms with E-state index in [1.54, 1.807) is 22.7 Å². The molecule has 0 radical (unpaired) electrons. The van der Waals surface area contributed by atoms with Gasteiger partial charge in [-0.1, -0.05) is 0 Å². The number of hydrogen-bond donors (Lipinski definition) is 0. The average Bonchev–Trinajstić information content (AvgIpc) is 3.13. The number of fused-ring (bicyclic) bond motifs is 8. The van der Waals surface area contributed by atoms with Crippen LogP contribution in [0.4, 0.5) is 10.2 Å². The van der Waals surface area contributed by atoms with E-state index in [1.807, 2.05) is 20.2 Å². The number of carbonyl (C=O) groups excluding carboxylic acids is 1. The third-order valence-corrected chi connectivity index (χ3v) is 6.09. The van der Waals surface area contributed by atoms with Crippen molar-refractivity contribution in [2.45, 2.75) is 38.8 Å². The molecule has 2 aliphatic rings. The van der Waals surface area contributed by atoms with Gasteiger partial charge in [0.2, 0.25) is 0 Å². The molecule has 2 bridgehead atoms. The van der Waals surface area contributed by atoms with Crippen molar-refractivity contribution in [2.75, 3.05) is 18.5 Å². The zero-order valence-corrected chi connectivity index (χ0v) is 17.8. The van der Waals surface area contributed by atoms with Gasteiger partial charge >= 0.3 is 0 Å². The summed E-state index contributed by atoms with van der Waals surface area (Å²) in [5.74, 6) is 0.698. The van der Waals surface area contributed by atoms with Crippen molar-refractivity contribution < 1.29 is 9.18 Å². The zero-order chi connectivity index (χ0) is 21.7. The molecule has 2 aromatic heterocycles. The molecule has 5 rings (SSSR count). The summed E-state index contributed by atoms with van der Waals surface area (Å²) in [7, 11) is 3.56. The van der Waals surface area contributed by atoms with E-state index in [9.17, 15) is 9.18 Å². The van der Waals surface area contributed by atoms with Crippen LogP contribution in [-0.2, 0) is 13.6 Å². The number of hydrogen-bond acceptors (Lipinski definition) is 6. The first-order valence-electron chi connectivity index (χ1n) is 10.5. The molecular weight excluding hydrogens is 397 g/mol. The Kier molecular flexibility index (Phi) is 4.68. The van der Waals surface area contributed by atoms with Crippen LogP contribution in [0.25, 0.3) is 11.4 Å². The molecule has 9 heteroatoms. The molecule has 3 aromatic rings. The van der Waals surface area contributed by atoms with Crippen LogP contribution < -0.4 is 4.90 Å². The molecule has 160 valence electrons. The maximum absolute atomic E-state index is 14.3. The number of halogens is 1. The molecule has 2 aliphatic heterocycles. The highest BCUT2D eigenvalue weighted by Gasteiger charge is 2.32. The summed E-state index contributed by atoms with van der Waals surface area (Å²) in [4.78, 5) is 22.1. The maximum Gasteiger partial charge on any atom is 0.254 e. The number of piperidine rings is 1. The van der Waals surface area contributed by atoms with Crippen molar-refractivity contribution in [1.29, 1.82) is 0 Å². The number of nitrogens with zero attached hydrogens (tertiary/aromatic N) is 7. The Bertz CT molecular complexity index is 1170. The van der Waals surface area contributed by atoms with Gasteiger partial charge in [-0.25, -0.2) is 9.37 Å². The first-order valence-corrected chi connectivity index (χ1v) is 10.5. The minimum Gasteiger partial charge on any atom is -0.348 e. The predicted octanol–water partition coefficient (Wildman–Crippen LogP) is 3.04. The van der Waals surface area contributed by atoms with Gasteiger partial charge < -0.3 is 9.80 Å². The zero-order valence-electron chi connectivity index (χ0n) is 17.8. The molecule has 0 N–H and O–H groups in total. The molecule has 0 spiro atoms. The molecule has 0 saturated carbocycles. The van der Waals surface area contributed by atoms with Gasteiger partial charge in [0.1, 0.15) is 11.5 Å². The van der Waals surface area contributed by atoms with Crippen LogP contribution in [0.3, 0.4) is 0 Å². The first-order chi connectivity index (χ1) is 14.9. The van der Waals surface area contributed by atoms with E-state index in [0.29, 0.717) is 28.3 Å². The quantitative estimate of drug-likeness (QED) is 0.555. The van der Waals surface area contributed by atoms with Crippen molar-refractivity contribution in [3.8, 4) is 11.4 Å². The van der Waals surface area contributed by atoms with Crippen molar-refractivity contribution in [2.24, 2.45) is 7.05 Å². The summed E-state index contributed by atoms with van der Waals surface area (Å²) in [5.41, 5.74) is 3.36. The van der Waals surface area contributed by atoms with Crippen molar-refractivity contribution >= 4 is 11.7 Å². The molecule has 31 heavy (non-hydrogen) atoms. The number of benzene rings is 1. The Hall–Kier alpha value is -3.36. The van der Waals surface area contributed by atoms with E-state index < -0.39 is 0 Å². The Morgan fingerprint density at radius 2 is 1.97 bits per heavy atom. The first kappa shape index (κ1) is 19.6. The van der Waals surface area contributed by atoms with E-state index in [0.717, 1.165) is 37.2 Å². The lowest BCUT2D eigenvalue weighted by Gasteiger charge is -2.38. The topological polar surface area (TPSA) is 80.0 Å². The average molecular weight is 421 g/mol. The summed E-state index contributed by atoms with van der Waals surface area (Å²) >= 11 is 0. The van der Waals surface area contributed by atoms with Crippen LogP contribution >= 0.6 is 0 Å². The number of anilines is 1. The molecule has 1 atom stereocenters. The summed E-state index contributed by atoms with van der Waals surface area (Å²) in [6.45, 7) is 2.92. The normalized spacial score (nSPS) is 18.6. The van der Waals surface area contributed by atoms with Gasteiger partial charge in [0.15, 0.2) is 11.6 Å². The second kappa shape index (κ2) is 7.40. The minimum atomic E-state index is -0.350. The summed E-state index contributed by atoms with van der Waals surface area (Å²) in [6.07, 6.45) is 4.65. The summed E-state index contributed by atoms with van der Waals surface area (Å²) < 4.78 is 16.0. The number of amides is 1. The van der Waals surface area contributed by atoms with Crippen molar-refractivity contribution in [3.05, 3.63) is 52.7 Å². The van der Waals surface area contributed by atoms with Gasteiger partial charge in [-0.2, -0.15) is 5.10 Å². The molecule has 1 amide bonds. The predicted molar refractivity (Wildman–Crippen MR) is 113 cm³/mol. The van der Waals surface area contributed by atoms with Crippen LogP contribution in [0.2, 0.25) is 0 Å². The second-order valence-electron chi connectivity index (χ2n) is 8.31. The van der Waals surface area contributed by atoms with E-state index >= 15 is 0 Å². The van der Waals surface area contributed by atoms with Crippen LogP contribution in [-0.4, -0.2) is 49.4 Å². The summed E-state index contributed by atoms with van der Waals surface area (Å²) in [5, 5.41) is 13.2. The van der Waals surface area contributed by atoms with E-state index in [1.165, 1.54) is 12.1 Å². The fourth-order valence-electron chi connectivity index (χ4n) is 4.61. The van der Waals surface area contributed by atoms with Gasteiger partial charge in [-0.3, -0.25) is 9.48 Å². The van der Waals surface area contributed by atoms with Gasteiger partial charge in [0, 0.05) is 32.4 Å². The van der Waals surface area contributed by atoms with Gasteiger partial charge in [0.05, 0.1) is 23.8 Å². The van der Waals surface area contributed by atoms with Crippen molar-refractivity contribution in [3.63, 3.8) is 0 Å². The largest absolute Gasteiger partial charge is 0.348 e. The van der Waals surface area contributed by atoms with Crippen molar-refractivity contribution in [1.82, 2.24) is 29.9 Å². The smallest absolute Gasteiger partial charge is 0.254 e. The Morgan fingerprint density at radius 1 is 1.13 bits per heavy atom.